The van der Waals surface area contributed by atoms with E-state index in [4.69, 9.17) is 26.3 Å². The highest BCUT2D eigenvalue weighted by Gasteiger charge is 2.16. The third kappa shape index (κ3) is 5.35. The van der Waals surface area contributed by atoms with E-state index < -0.39 is 0 Å². The molecule has 0 atom stereocenters. The van der Waals surface area contributed by atoms with Gasteiger partial charge in [0.25, 0.3) is 5.91 Å². The number of benzene rings is 5. The first-order chi connectivity index (χ1) is 19.1. The van der Waals surface area contributed by atoms with Gasteiger partial charge in [0.05, 0.1) is 28.1 Å². The average molecular weight is 528 g/mol. The lowest BCUT2D eigenvalue weighted by atomic mass is 10.0. The summed E-state index contributed by atoms with van der Waals surface area (Å²) in [4.78, 5) is 23.3. The molecule has 1 amide bonds. The number of aromatic nitrogens is 2. The van der Waals surface area contributed by atoms with Gasteiger partial charge in [-0.1, -0.05) is 90.5 Å². The summed E-state index contributed by atoms with van der Waals surface area (Å²) in [6.07, 6.45) is 0. The van der Waals surface area contributed by atoms with Gasteiger partial charge in [0, 0.05) is 21.7 Å². The van der Waals surface area contributed by atoms with Crippen LogP contribution in [0.15, 0.2) is 127 Å². The van der Waals surface area contributed by atoms with E-state index in [1.165, 1.54) is 0 Å². The van der Waals surface area contributed by atoms with E-state index in [-0.39, 0.29) is 5.91 Å². The molecular formula is C33H22ClN3O2. The van der Waals surface area contributed by atoms with Crippen molar-refractivity contribution in [3.8, 4) is 34.0 Å². The Labute approximate surface area is 230 Å². The van der Waals surface area contributed by atoms with E-state index in [0.29, 0.717) is 38.8 Å². The summed E-state index contributed by atoms with van der Waals surface area (Å²) in [7, 11) is 0. The van der Waals surface area contributed by atoms with E-state index in [1.54, 1.807) is 30.3 Å². The third-order valence-electron chi connectivity index (χ3n) is 6.18. The highest BCUT2D eigenvalue weighted by molar-refractivity contribution is 6.31. The quantitative estimate of drug-likeness (QED) is 0.235. The van der Waals surface area contributed by atoms with Crippen molar-refractivity contribution in [2.45, 2.75) is 0 Å². The SMILES string of the molecule is O=C(Nc1cc(Cl)ccc1Oc1ccccc1)c1ccc2nc(-c3ccccc3)c(-c3ccccc3)nc2c1. The van der Waals surface area contributed by atoms with Gasteiger partial charge in [-0.15, -0.1) is 0 Å². The number of hydrogen-bond acceptors (Lipinski definition) is 4. The summed E-state index contributed by atoms with van der Waals surface area (Å²) in [6, 6.07) is 39.7. The number of rotatable bonds is 6. The summed E-state index contributed by atoms with van der Waals surface area (Å²) < 4.78 is 6.00. The molecule has 6 heteroatoms. The predicted molar refractivity (Wildman–Crippen MR) is 156 cm³/mol. The van der Waals surface area contributed by atoms with Gasteiger partial charge < -0.3 is 10.1 Å². The fourth-order valence-electron chi connectivity index (χ4n) is 4.29. The number of amides is 1. The molecular weight excluding hydrogens is 506 g/mol. The van der Waals surface area contributed by atoms with Crippen LogP contribution in [-0.2, 0) is 0 Å². The Hall–Kier alpha value is -5.00. The zero-order valence-corrected chi connectivity index (χ0v) is 21.5. The van der Waals surface area contributed by atoms with Gasteiger partial charge in [0.1, 0.15) is 5.75 Å². The van der Waals surface area contributed by atoms with E-state index >= 15 is 0 Å². The lowest BCUT2D eigenvalue weighted by Gasteiger charge is -2.14. The topological polar surface area (TPSA) is 64.1 Å². The van der Waals surface area contributed by atoms with Gasteiger partial charge in [-0.25, -0.2) is 9.97 Å². The zero-order valence-electron chi connectivity index (χ0n) is 20.7. The molecule has 0 saturated carbocycles. The van der Waals surface area contributed by atoms with Crippen LogP contribution in [0.3, 0.4) is 0 Å². The maximum Gasteiger partial charge on any atom is 0.255 e. The third-order valence-corrected chi connectivity index (χ3v) is 6.42. The van der Waals surface area contributed by atoms with Crippen LogP contribution in [0.25, 0.3) is 33.5 Å². The average Bonchev–Trinajstić information content (AvgIpc) is 2.99. The Morgan fingerprint density at radius 2 is 1.23 bits per heavy atom. The van der Waals surface area contributed by atoms with Gasteiger partial charge in [-0.3, -0.25) is 4.79 Å². The van der Waals surface area contributed by atoms with Crippen LogP contribution >= 0.6 is 11.6 Å². The Kier molecular flexibility index (Phi) is 6.73. The summed E-state index contributed by atoms with van der Waals surface area (Å²) in [5, 5.41) is 3.42. The Balaban J connectivity index is 1.37. The molecule has 0 aliphatic rings. The van der Waals surface area contributed by atoms with Crippen molar-refractivity contribution in [2.75, 3.05) is 5.32 Å². The summed E-state index contributed by atoms with van der Waals surface area (Å²) >= 11 is 6.24. The maximum absolute atomic E-state index is 13.4. The molecule has 0 fully saturated rings. The molecule has 5 aromatic carbocycles. The second kappa shape index (κ2) is 10.8. The number of carbonyl (C=O) groups is 1. The highest BCUT2D eigenvalue weighted by Crippen LogP contribution is 2.33. The lowest BCUT2D eigenvalue weighted by molar-refractivity contribution is 0.102. The summed E-state index contributed by atoms with van der Waals surface area (Å²) in [5.41, 5.74) is 5.67. The standard InChI is InChI=1S/C33H22ClN3O2/c34-25-17-19-30(39-26-14-8-3-9-15-26)29(21-25)37-33(38)24-16-18-27-28(20-24)36-32(23-12-6-2-7-13-23)31(35-27)22-10-4-1-5-11-22/h1-21H,(H,37,38). The van der Waals surface area contributed by atoms with Gasteiger partial charge in [-0.05, 0) is 48.5 Å². The molecule has 0 saturated heterocycles. The van der Waals surface area contributed by atoms with Crippen molar-refractivity contribution in [2.24, 2.45) is 0 Å². The van der Waals surface area contributed by atoms with Gasteiger partial charge >= 0.3 is 0 Å². The number of nitrogens with zero attached hydrogens (tertiary/aromatic N) is 2. The molecule has 0 aliphatic heterocycles. The van der Waals surface area contributed by atoms with E-state index in [9.17, 15) is 4.79 Å². The van der Waals surface area contributed by atoms with Crippen LogP contribution in [0.1, 0.15) is 10.4 Å². The lowest BCUT2D eigenvalue weighted by Crippen LogP contribution is -2.13. The zero-order chi connectivity index (χ0) is 26.6. The number of hydrogen-bond donors (Lipinski definition) is 1. The van der Waals surface area contributed by atoms with Crippen molar-refractivity contribution in [1.82, 2.24) is 9.97 Å². The molecule has 1 aromatic heterocycles. The molecule has 6 rings (SSSR count). The van der Waals surface area contributed by atoms with Crippen molar-refractivity contribution in [3.63, 3.8) is 0 Å². The predicted octanol–water partition coefficient (Wildman–Crippen LogP) is 8.66. The number of para-hydroxylation sites is 1. The Morgan fingerprint density at radius 3 is 1.87 bits per heavy atom. The van der Waals surface area contributed by atoms with Gasteiger partial charge in [0.2, 0.25) is 0 Å². The molecule has 39 heavy (non-hydrogen) atoms. The first-order valence-electron chi connectivity index (χ1n) is 12.4. The van der Waals surface area contributed by atoms with Gasteiger partial charge in [-0.2, -0.15) is 0 Å². The molecule has 0 aliphatic carbocycles. The van der Waals surface area contributed by atoms with Crippen LogP contribution in [0.4, 0.5) is 5.69 Å². The minimum Gasteiger partial charge on any atom is -0.455 e. The Bertz CT molecular complexity index is 1780. The van der Waals surface area contributed by atoms with Crippen LogP contribution < -0.4 is 10.1 Å². The molecule has 1 heterocycles. The second-order valence-electron chi connectivity index (χ2n) is 8.87. The molecule has 5 nitrogen and oxygen atoms in total. The number of nitrogens with one attached hydrogen (secondary N) is 1. The van der Waals surface area contributed by atoms with Crippen LogP contribution in [0, 0.1) is 0 Å². The maximum atomic E-state index is 13.4. The molecule has 1 N–H and O–H groups in total. The minimum atomic E-state index is -0.313. The fourth-order valence-corrected chi connectivity index (χ4v) is 4.46. The molecule has 0 radical (unpaired) electrons. The molecule has 6 aromatic rings. The number of carbonyl (C=O) groups excluding carboxylic acids is 1. The second-order valence-corrected chi connectivity index (χ2v) is 9.30. The first-order valence-corrected chi connectivity index (χ1v) is 12.8. The van der Waals surface area contributed by atoms with Gasteiger partial charge in [0.15, 0.2) is 5.75 Å². The number of fused-ring (bicyclic) bond motifs is 1. The summed E-state index contributed by atoms with van der Waals surface area (Å²) in [6.45, 7) is 0. The van der Waals surface area contributed by atoms with Crippen LogP contribution in [0.2, 0.25) is 5.02 Å². The minimum absolute atomic E-state index is 0.313. The molecule has 0 unspecified atom stereocenters. The van der Waals surface area contributed by atoms with Crippen LogP contribution in [0.5, 0.6) is 11.5 Å². The number of ether oxygens (including phenoxy) is 1. The largest absolute Gasteiger partial charge is 0.455 e. The first kappa shape index (κ1) is 24.3. The van der Waals surface area contributed by atoms with E-state index in [2.05, 4.69) is 5.32 Å². The number of anilines is 1. The number of halogens is 1. The van der Waals surface area contributed by atoms with Crippen molar-refractivity contribution < 1.29 is 9.53 Å². The Morgan fingerprint density at radius 1 is 0.641 bits per heavy atom. The normalized spacial score (nSPS) is 10.8. The summed E-state index contributed by atoms with van der Waals surface area (Å²) in [5.74, 6) is 0.824. The van der Waals surface area contributed by atoms with Crippen LogP contribution in [-0.4, -0.2) is 15.9 Å². The van der Waals surface area contributed by atoms with E-state index in [1.807, 2.05) is 97.1 Å². The van der Waals surface area contributed by atoms with Crippen molar-refractivity contribution in [3.05, 3.63) is 138 Å². The van der Waals surface area contributed by atoms with Crippen molar-refractivity contribution >= 4 is 34.2 Å². The molecule has 0 spiro atoms. The molecule has 0 bridgehead atoms. The van der Waals surface area contributed by atoms with Crippen molar-refractivity contribution in [1.29, 1.82) is 0 Å². The molecule has 188 valence electrons. The highest BCUT2D eigenvalue weighted by atomic mass is 35.5. The monoisotopic (exact) mass is 527 g/mol. The smallest absolute Gasteiger partial charge is 0.255 e. The van der Waals surface area contributed by atoms with E-state index in [0.717, 1.165) is 22.5 Å². The fraction of sp³-hybridized carbons (Fsp3) is 0.